The Hall–Kier alpha value is -2.24. The molecule has 0 saturated heterocycles. The monoisotopic (exact) mass is 331 g/mol. The van der Waals surface area contributed by atoms with Gasteiger partial charge in [0.25, 0.3) is 0 Å². The summed E-state index contributed by atoms with van der Waals surface area (Å²) in [5.41, 5.74) is 0.372. The van der Waals surface area contributed by atoms with E-state index in [1.54, 1.807) is 18.7 Å². The fraction of sp³-hybridized carbons (Fsp3) is 0.556. The number of allylic oxidation sites excluding steroid dienone is 2. The van der Waals surface area contributed by atoms with Gasteiger partial charge in [-0.05, 0) is 38.3 Å². The average Bonchev–Trinajstić information content (AvgIpc) is 3.35. The van der Waals surface area contributed by atoms with Crippen molar-refractivity contribution in [1.29, 1.82) is 0 Å². The predicted octanol–water partition coefficient (Wildman–Crippen LogP) is 2.67. The molecule has 1 saturated carbocycles. The predicted molar refractivity (Wildman–Crippen MR) is 91.9 cm³/mol. The second-order valence-corrected chi connectivity index (χ2v) is 6.29. The molecule has 1 aromatic heterocycles. The molecule has 6 nitrogen and oxygen atoms in total. The Bertz CT molecular complexity index is 658. The van der Waals surface area contributed by atoms with Crippen molar-refractivity contribution in [2.24, 2.45) is 13.0 Å². The highest BCUT2D eigenvalue weighted by Crippen LogP contribution is 2.34. The molecule has 0 amide bonds. The topological polar surface area (TPSA) is 56.6 Å². The van der Waals surface area contributed by atoms with Crippen molar-refractivity contribution < 1.29 is 14.3 Å². The summed E-state index contributed by atoms with van der Waals surface area (Å²) in [7, 11) is 3.58. The van der Waals surface area contributed by atoms with E-state index >= 15 is 0 Å². The highest BCUT2D eigenvalue weighted by molar-refractivity contribution is 5.88. The minimum atomic E-state index is -0.364. The van der Waals surface area contributed by atoms with Crippen LogP contribution in [0.4, 0.5) is 5.82 Å². The zero-order valence-electron chi connectivity index (χ0n) is 14.6. The van der Waals surface area contributed by atoms with Gasteiger partial charge in [0.2, 0.25) is 0 Å². The van der Waals surface area contributed by atoms with Gasteiger partial charge in [0, 0.05) is 31.6 Å². The lowest BCUT2D eigenvalue weighted by Gasteiger charge is -2.28. The maximum absolute atomic E-state index is 11.9. The van der Waals surface area contributed by atoms with Gasteiger partial charge >= 0.3 is 5.97 Å². The Kier molecular flexibility index (Phi) is 4.92. The molecule has 0 aliphatic heterocycles. The lowest BCUT2D eigenvalue weighted by Crippen LogP contribution is -2.33. The van der Waals surface area contributed by atoms with E-state index in [0.717, 1.165) is 24.5 Å². The molecule has 1 atom stereocenters. The van der Waals surface area contributed by atoms with Crippen LogP contribution in [-0.2, 0) is 16.5 Å². The first kappa shape index (κ1) is 16.6. The molecule has 6 heteroatoms. The van der Waals surface area contributed by atoms with Crippen LogP contribution in [0.3, 0.4) is 0 Å². The maximum Gasteiger partial charge on any atom is 0.358 e. The molecule has 1 heterocycles. The van der Waals surface area contributed by atoms with Crippen LogP contribution in [0.2, 0.25) is 0 Å². The molecular formula is C18H25N3O3. The van der Waals surface area contributed by atoms with Gasteiger partial charge in [-0.3, -0.25) is 4.68 Å². The zero-order valence-corrected chi connectivity index (χ0v) is 14.6. The maximum atomic E-state index is 11.9. The lowest BCUT2D eigenvalue weighted by molar-refractivity contribution is 0.0518. The summed E-state index contributed by atoms with van der Waals surface area (Å²) in [6.45, 7) is 3.05. The van der Waals surface area contributed by atoms with E-state index in [0.29, 0.717) is 24.3 Å². The Morgan fingerprint density at radius 3 is 2.92 bits per heavy atom. The van der Waals surface area contributed by atoms with Crippen LogP contribution in [0.15, 0.2) is 30.1 Å². The van der Waals surface area contributed by atoms with Crippen molar-refractivity contribution in [2.75, 3.05) is 25.2 Å². The summed E-state index contributed by atoms with van der Waals surface area (Å²) in [5.74, 6) is 1.92. The molecule has 1 aromatic rings. The molecular weight excluding hydrogens is 306 g/mol. The second-order valence-electron chi connectivity index (χ2n) is 6.29. The number of esters is 1. The lowest BCUT2D eigenvalue weighted by atomic mass is 9.99. The number of carbonyl (C=O) groups excluding carboxylic acids is 1. The first-order chi connectivity index (χ1) is 11.6. The third-order valence-electron chi connectivity index (χ3n) is 4.41. The minimum Gasteiger partial charge on any atom is -0.497 e. The Morgan fingerprint density at radius 1 is 1.46 bits per heavy atom. The third-order valence-corrected chi connectivity index (χ3v) is 4.41. The van der Waals surface area contributed by atoms with Crippen LogP contribution in [-0.4, -0.2) is 42.1 Å². The smallest absolute Gasteiger partial charge is 0.358 e. The second kappa shape index (κ2) is 7.11. The molecule has 2 aliphatic carbocycles. The SMILES string of the molecule is CCOC(=O)c1cc(N(CC2C=C(OC)C=CC2)C2CC2)n(C)n1. The molecule has 0 spiro atoms. The molecule has 1 fully saturated rings. The van der Waals surface area contributed by atoms with Gasteiger partial charge in [0.15, 0.2) is 5.69 Å². The van der Waals surface area contributed by atoms with Crippen molar-refractivity contribution in [3.05, 3.63) is 35.7 Å². The first-order valence-corrected chi connectivity index (χ1v) is 8.52. The number of hydrogen-bond acceptors (Lipinski definition) is 5. The number of anilines is 1. The largest absolute Gasteiger partial charge is 0.497 e. The standard InChI is InChI=1S/C18H25N3O3/c1-4-24-18(22)16-11-17(20(2)19-16)21(14-8-9-14)12-13-6-5-7-15(10-13)23-3/h5,7,10-11,13-14H,4,6,8-9,12H2,1-3H3. The van der Waals surface area contributed by atoms with Crippen molar-refractivity contribution >= 4 is 11.8 Å². The molecule has 0 N–H and O–H groups in total. The van der Waals surface area contributed by atoms with Gasteiger partial charge in [-0.1, -0.05) is 6.08 Å². The summed E-state index contributed by atoms with van der Waals surface area (Å²) in [6, 6.07) is 2.37. The van der Waals surface area contributed by atoms with Crippen LogP contribution >= 0.6 is 0 Å². The molecule has 0 aromatic carbocycles. The molecule has 2 aliphatic rings. The average molecular weight is 331 g/mol. The van der Waals surface area contributed by atoms with Crippen LogP contribution in [0.1, 0.15) is 36.7 Å². The van der Waals surface area contributed by atoms with Crippen molar-refractivity contribution in [3.8, 4) is 0 Å². The quantitative estimate of drug-likeness (QED) is 0.719. The third kappa shape index (κ3) is 3.63. The number of aromatic nitrogens is 2. The van der Waals surface area contributed by atoms with Gasteiger partial charge in [0.05, 0.1) is 13.7 Å². The van der Waals surface area contributed by atoms with E-state index in [1.165, 1.54) is 12.8 Å². The first-order valence-electron chi connectivity index (χ1n) is 8.52. The summed E-state index contributed by atoms with van der Waals surface area (Å²) >= 11 is 0. The van der Waals surface area contributed by atoms with E-state index < -0.39 is 0 Å². The van der Waals surface area contributed by atoms with E-state index in [4.69, 9.17) is 9.47 Å². The zero-order chi connectivity index (χ0) is 17.1. The fourth-order valence-corrected chi connectivity index (χ4v) is 3.08. The van der Waals surface area contributed by atoms with Crippen LogP contribution < -0.4 is 4.90 Å². The number of aryl methyl sites for hydroxylation is 1. The van der Waals surface area contributed by atoms with E-state index in [9.17, 15) is 4.79 Å². The summed E-state index contributed by atoms with van der Waals surface area (Å²) in [6.07, 6.45) is 9.71. The van der Waals surface area contributed by atoms with Crippen molar-refractivity contribution in [2.45, 2.75) is 32.2 Å². The number of rotatable bonds is 7. The Labute approximate surface area is 142 Å². The van der Waals surface area contributed by atoms with Gasteiger partial charge in [-0.15, -0.1) is 0 Å². The molecule has 130 valence electrons. The van der Waals surface area contributed by atoms with E-state index in [2.05, 4.69) is 22.2 Å². The van der Waals surface area contributed by atoms with Crippen LogP contribution in [0.25, 0.3) is 0 Å². The van der Waals surface area contributed by atoms with E-state index in [-0.39, 0.29) is 5.97 Å². The van der Waals surface area contributed by atoms with E-state index in [1.807, 2.05) is 19.2 Å². The highest BCUT2D eigenvalue weighted by atomic mass is 16.5. The number of ether oxygens (including phenoxy) is 2. The molecule has 0 radical (unpaired) electrons. The highest BCUT2D eigenvalue weighted by Gasteiger charge is 2.33. The Balaban J connectivity index is 1.78. The van der Waals surface area contributed by atoms with Gasteiger partial charge < -0.3 is 14.4 Å². The number of hydrogen-bond donors (Lipinski definition) is 0. The van der Waals surface area contributed by atoms with Crippen molar-refractivity contribution in [1.82, 2.24) is 9.78 Å². The number of methoxy groups -OCH3 is 1. The summed E-state index contributed by atoms with van der Waals surface area (Å²) in [4.78, 5) is 14.3. The van der Waals surface area contributed by atoms with Gasteiger partial charge in [-0.2, -0.15) is 5.10 Å². The normalized spacial score (nSPS) is 19.8. The minimum absolute atomic E-state index is 0.357. The number of carbonyl (C=O) groups is 1. The van der Waals surface area contributed by atoms with Crippen LogP contribution in [0, 0.1) is 5.92 Å². The molecule has 3 rings (SSSR count). The summed E-state index contributed by atoms with van der Waals surface area (Å²) in [5, 5.41) is 4.33. The van der Waals surface area contributed by atoms with Gasteiger partial charge in [0.1, 0.15) is 11.6 Å². The molecule has 0 bridgehead atoms. The van der Waals surface area contributed by atoms with Crippen molar-refractivity contribution in [3.63, 3.8) is 0 Å². The number of nitrogens with zero attached hydrogens (tertiary/aromatic N) is 3. The Morgan fingerprint density at radius 2 is 2.25 bits per heavy atom. The van der Waals surface area contributed by atoms with Gasteiger partial charge in [-0.25, -0.2) is 4.79 Å². The summed E-state index contributed by atoms with van der Waals surface area (Å²) < 4.78 is 12.2. The fourth-order valence-electron chi connectivity index (χ4n) is 3.08. The van der Waals surface area contributed by atoms with Crippen LogP contribution in [0.5, 0.6) is 0 Å². The molecule has 24 heavy (non-hydrogen) atoms. The molecule has 1 unspecified atom stereocenters.